The van der Waals surface area contributed by atoms with Crippen molar-refractivity contribution in [2.45, 2.75) is 0 Å². The van der Waals surface area contributed by atoms with Crippen molar-refractivity contribution >= 4 is 101 Å². The number of hydrogen-bond acceptors (Lipinski definition) is 0. The van der Waals surface area contributed by atoms with E-state index in [0.29, 0.717) is 0 Å². The Hall–Kier alpha value is -1.33. The van der Waals surface area contributed by atoms with Crippen LogP contribution in [-0.2, 0) is 9.87 Å². The Balaban J connectivity index is 0.000000171. The van der Waals surface area contributed by atoms with Crippen LogP contribution in [0.2, 0.25) is 0 Å². The number of hydrogen-bond donors (Lipinski definition) is 0. The van der Waals surface area contributed by atoms with E-state index in [1.165, 1.54) is 26.1 Å². The van der Waals surface area contributed by atoms with Gasteiger partial charge < -0.3 is 0 Å². The molecule has 0 bridgehead atoms. The number of benzene rings is 6. The second-order valence-electron chi connectivity index (χ2n) is 8.96. The van der Waals surface area contributed by atoms with Gasteiger partial charge in [-0.15, -0.1) is 0 Å². The zero-order valence-corrected chi connectivity index (χ0v) is 33.8. The summed E-state index contributed by atoms with van der Waals surface area (Å²) in [6.07, 6.45) is 0. The van der Waals surface area contributed by atoms with E-state index in [1.807, 2.05) is 0 Å². The molecule has 0 amide bonds. The zero-order chi connectivity index (χ0) is 30.3. The summed E-state index contributed by atoms with van der Waals surface area (Å²) in [4.78, 5) is 0. The average molecular weight is 1040 g/mol. The van der Waals surface area contributed by atoms with Crippen molar-refractivity contribution in [1.29, 1.82) is 0 Å². The fourth-order valence-electron chi connectivity index (χ4n) is 4.36. The number of rotatable bonds is 6. The van der Waals surface area contributed by atoms with Gasteiger partial charge in [-0.1, -0.05) is 0 Å². The summed E-state index contributed by atoms with van der Waals surface area (Å²) in [7, 11) is 8.24. The first kappa shape index (κ1) is 34.5. The third-order valence-corrected chi connectivity index (χ3v) is 16.3. The molecule has 222 valence electrons. The van der Waals surface area contributed by atoms with Crippen molar-refractivity contribution in [2.24, 2.45) is 0 Å². The minimum atomic E-state index is -2.38. The average Bonchev–Trinajstić information content (AvgIpc) is 3.04. The summed E-state index contributed by atoms with van der Waals surface area (Å²) in [6, 6.07) is 65.4. The molecule has 0 aromatic heterocycles. The van der Waals surface area contributed by atoms with Gasteiger partial charge in [-0.05, 0) is 0 Å². The molecule has 43 heavy (non-hydrogen) atoms. The molecule has 0 heterocycles. The van der Waals surface area contributed by atoms with Crippen LogP contribution in [0.1, 0.15) is 0 Å². The normalized spacial score (nSPS) is 11.1. The van der Waals surface area contributed by atoms with Crippen LogP contribution >= 0.6 is 45.4 Å². The van der Waals surface area contributed by atoms with Gasteiger partial charge in [0.25, 0.3) is 0 Å². The molecular formula is C36H30As2Br2Cl2Pt. The molecule has 6 rings (SSSR count). The van der Waals surface area contributed by atoms with Gasteiger partial charge in [-0.25, -0.2) is 0 Å². The maximum atomic E-state index is 5.31. The first-order valence-electron chi connectivity index (χ1n) is 13.3. The Morgan fingerprint density at radius 3 is 0.535 bits per heavy atom. The van der Waals surface area contributed by atoms with Gasteiger partial charge in [0.15, 0.2) is 0 Å². The van der Waals surface area contributed by atoms with Crippen LogP contribution in [0, 0.1) is 0 Å². The molecule has 0 spiro atoms. The predicted octanol–water partition coefficient (Wildman–Crippen LogP) is 7.47. The Labute approximate surface area is 289 Å². The summed E-state index contributed by atoms with van der Waals surface area (Å²) in [5.74, 6) is 0. The third kappa shape index (κ3) is 12.2. The van der Waals surface area contributed by atoms with Crippen molar-refractivity contribution < 1.29 is 9.87 Å². The van der Waals surface area contributed by atoms with Crippen molar-refractivity contribution in [3.05, 3.63) is 182 Å². The fraction of sp³-hybridized carbons (Fsp3) is 0. The summed E-state index contributed by atoms with van der Waals surface area (Å²) in [5.41, 5.74) is 0. The second kappa shape index (κ2) is 18.6. The summed E-state index contributed by atoms with van der Waals surface area (Å²) in [6.45, 7) is 0. The monoisotopic (exact) mass is 1030 g/mol. The van der Waals surface area contributed by atoms with E-state index < -0.39 is 39.2 Å². The molecule has 7 heteroatoms. The van der Waals surface area contributed by atoms with E-state index in [1.54, 1.807) is 0 Å². The van der Waals surface area contributed by atoms with E-state index in [4.69, 9.17) is 18.8 Å². The van der Waals surface area contributed by atoms with Gasteiger partial charge in [0.05, 0.1) is 0 Å². The molecule has 0 radical (unpaired) electrons. The predicted molar refractivity (Wildman–Crippen MR) is 198 cm³/mol. The van der Waals surface area contributed by atoms with Gasteiger partial charge >= 0.3 is 293 Å². The van der Waals surface area contributed by atoms with Crippen LogP contribution in [0.15, 0.2) is 182 Å². The standard InChI is InChI=1S/2C18H15As.2BrH.2ClH.Pt/c2*1-4-10-16(11-5-1)19(17-12-6-2-7-13-17)18-14-8-3-9-15-18;;;;;/h2*1-15H;4*1H;/q;;;;;;+4/p-4. The van der Waals surface area contributed by atoms with Crippen LogP contribution in [0.3, 0.4) is 0 Å². The van der Waals surface area contributed by atoms with Crippen LogP contribution in [-0.4, -0.2) is 29.3 Å². The van der Waals surface area contributed by atoms with Gasteiger partial charge in [-0.3, -0.25) is 0 Å². The van der Waals surface area contributed by atoms with E-state index in [9.17, 15) is 0 Å². The molecule has 0 aliphatic rings. The van der Waals surface area contributed by atoms with Gasteiger partial charge in [-0.2, -0.15) is 0 Å². The van der Waals surface area contributed by atoms with Crippen LogP contribution < -0.4 is 26.1 Å². The van der Waals surface area contributed by atoms with Crippen molar-refractivity contribution in [3.8, 4) is 0 Å². The molecule has 0 fully saturated rings. The summed E-state index contributed by atoms with van der Waals surface area (Å²) >= 11 is 3.23. The van der Waals surface area contributed by atoms with Gasteiger partial charge in [0.2, 0.25) is 0 Å². The van der Waals surface area contributed by atoms with Crippen molar-refractivity contribution in [2.75, 3.05) is 0 Å². The molecule has 6 aromatic carbocycles. The first-order valence-corrected chi connectivity index (χ1v) is 34.5. The Morgan fingerprint density at radius 1 is 0.302 bits per heavy atom. The van der Waals surface area contributed by atoms with E-state index in [2.05, 4.69) is 209 Å². The maximum absolute atomic E-state index is 5.31. The molecule has 6 aromatic rings. The third-order valence-electron chi connectivity index (χ3n) is 6.09. The van der Waals surface area contributed by atoms with Crippen LogP contribution in [0.25, 0.3) is 0 Å². The van der Waals surface area contributed by atoms with Crippen LogP contribution in [0.5, 0.6) is 0 Å². The van der Waals surface area contributed by atoms with Crippen molar-refractivity contribution in [3.63, 3.8) is 0 Å². The topological polar surface area (TPSA) is 0 Å². The minimum absolute atomic E-state index is 1.39. The Morgan fingerprint density at radius 2 is 0.419 bits per heavy atom. The second-order valence-corrected chi connectivity index (χ2v) is 54.4. The van der Waals surface area contributed by atoms with Gasteiger partial charge in [0, 0.05) is 0 Å². The van der Waals surface area contributed by atoms with E-state index >= 15 is 0 Å². The van der Waals surface area contributed by atoms with Gasteiger partial charge in [0.1, 0.15) is 0 Å². The number of halogens is 4. The molecule has 0 saturated heterocycles. The Bertz CT molecular complexity index is 1280. The van der Waals surface area contributed by atoms with Crippen molar-refractivity contribution in [1.82, 2.24) is 0 Å². The van der Waals surface area contributed by atoms with E-state index in [-0.39, 0.29) is 0 Å². The summed E-state index contributed by atoms with van der Waals surface area (Å²) < 4.78 is 8.87. The molecule has 0 unspecified atom stereocenters. The molecular weight excluding hydrogens is 1010 g/mol. The zero-order valence-electron chi connectivity index (χ0n) is 23.0. The summed E-state index contributed by atoms with van der Waals surface area (Å²) in [5, 5.41) is 0. The van der Waals surface area contributed by atoms with E-state index in [0.717, 1.165) is 0 Å². The SMILES string of the molecule is [Cl][Pt]([Cl])([Br])[Br].c1ccc([As](c2ccccc2)c2ccccc2)cc1.c1ccc([As](c2ccccc2)c2ccccc2)cc1. The molecule has 0 aliphatic carbocycles. The molecule has 0 aliphatic heterocycles. The van der Waals surface area contributed by atoms with Crippen LogP contribution in [0.4, 0.5) is 0 Å². The molecule has 0 atom stereocenters. The Kier molecular flexibility index (Phi) is 14.9. The first-order chi connectivity index (χ1) is 20.9. The molecule has 0 N–H and O–H groups in total. The fourth-order valence-corrected chi connectivity index (χ4v) is 14.0. The molecule has 0 nitrogen and oxygen atoms in total. The quantitative estimate of drug-likeness (QED) is 0.152. The molecule has 0 saturated carbocycles.